The Bertz CT molecular complexity index is 723. The van der Waals surface area contributed by atoms with Gasteiger partial charge in [0, 0.05) is 36.7 Å². The van der Waals surface area contributed by atoms with Crippen molar-refractivity contribution in [1.82, 2.24) is 9.88 Å². The van der Waals surface area contributed by atoms with Crippen molar-refractivity contribution in [2.24, 2.45) is 11.8 Å². The van der Waals surface area contributed by atoms with Crippen LogP contribution in [0, 0.1) is 11.8 Å². The molecule has 4 heterocycles. The van der Waals surface area contributed by atoms with Crippen LogP contribution in [0.1, 0.15) is 25.3 Å². The third kappa shape index (κ3) is 2.66. The minimum Gasteiger partial charge on any atom is -0.363 e. The number of benzene rings is 1. The van der Waals surface area contributed by atoms with Gasteiger partial charge in [-0.15, -0.1) is 6.58 Å². The summed E-state index contributed by atoms with van der Waals surface area (Å²) in [5, 5.41) is 1.29. The number of aromatic nitrogens is 1. The van der Waals surface area contributed by atoms with Crippen LogP contribution in [0.5, 0.6) is 0 Å². The first-order valence-corrected chi connectivity index (χ1v) is 9.14. The summed E-state index contributed by atoms with van der Waals surface area (Å²) in [6.07, 6.45) is 7.87. The van der Waals surface area contributed by atoms with Gasteiger partial charge in [-0.05, 0) is 49.8 Å². The SMILES string of the molecule is C=C[C@H]1C(OCC)N2CC[C@H]1C[C@@H]2Cc1ccnc2ccccc12. The average Bonchev–Trinajstić information content (AvgIpc) is 2.63. The fourth-order valence-corrected chi connectivity index (χ4v) is 4.71. The van der Waals surface area contributed by atoms with E-state index in [4.69, 9.17) is 4.74 Å². The maximum absolute atomic E-state index is 6.12. The largest absolute Gasteiger partial charge is 0.363 e. The Morgan fingerprint density at radius 3 is 3.04 bits per heavy atom. The average molecular weight is 322 g/mol. The van der Waals surface area contributed by atoms with Crippen LogP contribution >= 0.6 is 0 Å². The van der Waals surface area contributed by atoms with E-state index < -0.39 is 0 Å². The van der Waals surface area contributed by atoms with Crippen molar-refractivity contribution in [1.29, 1.82) is 0 Å². The summed E-state index contributed by atoms with van der Waals surface area (Å²) >= 11 is 0. The molecule has 126 valence electrons. The van der Waals surface area contributed by atoms with Crippen LogP contribution in [0.2, 0.25) is 0 Å². The smallest absolute Gasteiger partial charge is 0.117 e. The number of para-hydroxylation sites is 1. The quantitative estimate of drug-likeness (QED) is 0.777. The molecular formula is C21H26N2O. The molecule has 3 aliphatic rings. The van der Waals surface area contributed by atoms with Gasteiger partial charge in [0.15, 0.2) is 0 Å². The number of fused-ring (bicyclic) bond motifs is 4. The first kappa shape index (κ1) is 15.8. The molecule has 0 saturated carbocycles. The van der Waals surface area contributed by atoms with Crippen molar-refractivity contribution >= 4 is 10.9 Å². The minimum atomic E-state index is 0.207. The molecule has 2 unspecified atom stereocenters. The van der Waals surface area contributed by atoms with Crippen molar-refractivity contribution in [3.8, 4) is 0 Å². The normalized spacial score (nSPS) is 32.1. The molecule has 5 atom stereocenters. The maximum atomic E-state index is 6.12. The number of pyridine rings is 1. The van der Waals surface area contributed by atoms with Crippen LogP contribution in [-0.4, -0.2) is 35.3 Å². The Balaban J connectivity index is 1.62. The summed E-state index contributed by atoms with van der Waals surface area (Å²) in [7, 11) is 0. The number of piperidine rings is 3. The summed E-state index contributed by atoms with van der Waals surface area (Å²) < 4.78 is 6.12. The van der Waals surface area contributed by atoms with E-state index in [-0.39, 0.29) is 6.23 Å². The van der Waals surface area contributed by atoms with Gasteiger partial charge >= 0.3 is 0 Å². The minimum absolute atomic E-state index is 0.207. The summed E-state index contributed by atoms with van der Waals surface area (Å²) in [4.78, 5) is 7.09. The highest BCUT2D eigenvalue weighted by atomic mass is 16.5. The van der Waals surface area contributed by atoms with Crippen LogP contribution in [0.25, 0.3) is 10.9 Å². The van der Waals surface area contributed by atoms with Crippen LogP contribution < -0.4 is 0 Å². The number of ether oxygens (including phenoxy) is 1. The van der Waals surface area contributed by atoms with Gasteiger partial charge in [-0.25, -0.2) is 0 Å². The van der Waals surface area contributed by atoms with E-state index in [1.165, 1.54) is 23.8 Å². The molecule has 2 aromatic rings. The number of nitrogens with zero attached hydrogens (tertiary/aromatic N) is 2. The fourth-order valence-electron chi connectivity index (χ4n) is 4.71. The van der Waals surface area contributed by atoms with Gasteiger partial charge in [-0.3, -0.25) is 9.88 Å². The Hall–Kier alpha value is -1.71. The second-order valence-corrected chi connectivity index (χ2v) is 7.03. The molecule has 1 aromatic heterocycles. The molecule has 2 bridgehead atoms. The molecular weight excluding hydrogens is 296 g/mol. The molecule has 0 amide bonds. The molecule has 3 nitrogen and oxygen atoms in total. The van der Waals surface area contributed by atoms with Crippen molar-refractivity contribution in [3.05, 3.63) is 54.7 Å². The summed E-state index contributed by atoms with van der Waals surface area (Å²) in [6.45, 7) is 8.08. The molecule has 0 N–H and O–H groups in total. The molecule has 3 aliphatic heterocycles. The molecule has 5 rings (SSSR count). The molecule has 3 saturated heterocycles. The Labute approximate surface area is 144 Å². The van der Waals surface area contributed by atoms with E-state index in [1.54, 1.807) is 0 Å². The van der Waals surface area contributed by atoms with Gasteiger partial charge in [0.2, 0.25) is 0 Å². The van der Waals surface area contributed by atoms with Crippen molar-refractivity contribution in [2.45, 2.75) is 38.5 Å². The monoisotopic (exact) mass is 322 g/mol. The predicted octanol–water partition coefficient (Wildman–Crippen LogP) is 4.04. The van der Waals surface area contributed by atoms with E-state index in [9.17, 15) is 0 Å². The van der Waals surface area contributed by atoms with E-state index in [1.807, 2.05) is 6.20 Å². The van der Waals surface area contributed by atoms with Gasteiger partial charge in [-0.2, -0.15) is 0 Å². The maximum Gasteiger partial charge on any atom is 0.117 e. The third-order valence-electron chi connectivity index (χ3n) is 5.81. The molecule has 0 aliphatic carbocycles. The number of rotatable bonds is 5. The van der Waals surface area contributed by atoms with E-state index >= 15 is 0 Å². The zero-order valence-corrected chi connectivity index (χ0v) is 14.4. The zero-order valence-electron chi connectivity index (χ0n) is 14.4. The van der Waals surface area contributed by atoms with E-state index in [2.05, 4.69) is 59.8 Å². The third-order valence-corrected chi connectivity index (χ3v) is 5.81. The van der Waals surface area contributed by atoms with E-state index in [0.29, 0.717) is 17.9 Å². The zero-order chi connectivity index (χ0) is 16.5. The van der Waals surface area contributed by atoms with Gasteiger partial charge in [0.05, 0.1) is 5.52 Å². The molecule has 0 radical (unpaired) electrons. The molecule has 1 aromatic carbocycles. The Kier molecular flexibility index (Phi) is 4.38. The first-order chi connectivity index (χ1) is 11.8. The second kappa shape index (κ2) is 6.66. The molecule has 3 heteroatoms. The predicted molar refractivity (Wildman–Crippen MR) is 97.8 cm³/mol. The molecule has 0 spiro atoms. The van der Waals surface area contributed by atoms with Crippen LogP contribution in [0.4, 0.5) is 0 Å². The Morgan fingerprint density at radius 1 is 1.33 bits per heavy atom. The highest BCUT2D eigenvalue weighted by Crippen LogP contribution is 2.42. The Morgan fingerprint density at radius 2 is 2.21 bits per heavy atom. The second-order valence-electron chi connectivity index (χ2n) is 7.03. The van der Waals surface area contributed by atoms with Gasteiger partial charge in [0.1, 0.15) is 6.23 Å². The molecule has 24 heavy (non-hydrogen) atoms. The van der Waals surface area contributed by atoms with Gasteiger partial charge < -0.3 is 4.74 Å². The first-order valence-electron chi connectivity index (χ1n) is 9.14. The van der Waals surface area contributed by atoms with Crippen LogP contribution in [0.3, 0.4) is 0 Å². The van der Waals surface area contributed by atoms with Crippen LogP contribution in [0.15, 0.2) is 49.2 Å². The molecule has 3 fully saturated rings. The summed E-state index contributed by atoms with van der Waals surface area (Å²) in [5.74, 6) is 1.19. The lowest BCUT2D eigenvalue weighted by molar-refractivity contribution is -0.167. The lowest BCUT2D eigenvalue weighted by Crippen LogP contribution is -2.60. The lowest BCUT2D eigenvalue weighted by Gasteiger charge is -2.54. The van der Waals surface area contributed by atoms with Crippen molar-refractivity contribution in [2.75, 3.05) is 13.2 Å². The standard InChI is InChI=1S/C21H26N2O/c1-3-18-16-10-12-23(21(18)24-4-2)17(14-16)13-15-9-11-22-20-8-6-5-7-19(15)20/h3,5-9,11,16-18,21H,1,4,10,12-14H2,2H3/t16-,17-,18+,21?/m0/s1. The number of hydrogen-bond acceptors (Lipinski definition) is 3. The number of hydrogen-bond donors (Lipinski definition) is 0. The topological polar surface area (TPSA) is 25.4 Å². The summed E-state index contributed by atoms with van der Waals surface area (Å²) in [6, 6.07) is 11.2. The van der Waals surface area contributed by atoms with Gasteiger partial charge in [-0.1, -0.05) is 24.3 Å². The van der Waals surface area contributed by atoms with Gasteiger partial charge in [0.25, 0.3) is 0 Å². The fraction of sp³-hybridized carbons (Fsp3) is 0.476. The van der Waals surface area contributed by atoms with Crippen LogP contribution in [-0.2, 0) is 11.2 Å². The summed E-state index contributed by atoms with van der Waals surface area (Å²) in [5.41, 5.74) is 2.50. The van der Waals surface area contributed by atoms with E-state index in [0.717, 1.165) is 25.1 Å². The highest BCUT2D eigenvalue weighted by molar-refractivity contribution is 5.81. The lowest BCUT2D eigenvalue weighted by atomic mass is 9.73. The van der Waals surface area contributed by atoms with Crippen molar-refractivity contribution < 1.29 is 4.74 Å². The highest BCUT2D eigenvalue weighted by Gasteiger charge is 2.46. The van der Waals surface area contributed by atoms with Crippen molar-refractivity contribution in [3.63, 3.8) is 0 Å².